The van der Waals surface area contributed by atoms with Gasteiger partial charge in [-0.25, -0.2) is 4.98 Å². The fourth-order valence-corrected chi connectivity index (χ4v) is 5.24. The highest BCUT2D eigenvalue weighted by Gasteiger charge is 2.47. The minimum Gasteiger partial charge on any atom is -0.507 e. The summed E-state index contributed by atoms with van der Waals surface area (Å²) in [5, 5.41) is 13.5. The van der Waals surface area contributed by atoms with Crippen LogP contribution in [0.25, 0.3) is 5.76 Å². The molecule has 4 aromatic rings. The molecule has 1 aliphatic rings. The molecular formula is C31H28N2O4S. The van der Waals surface area contributed by atoms with E-state index in [2.05, 4.69) is 24.9 Å². The first-order valence-electron chi connectivity index (χ1n) is 12.4. The normalized spacial score (nSPS) is 16.8. The largest absolute Gasteiger partial charge is 0.507 e. The molecule has 0 bridgehead atoms. The lowest BCUT2D eigenvalue weighted by Crippen LogP contribution is -2.29. The van der Waals surface area contributed by atoms with E-state index in [-0.39, 0.29) is 11.3 Å². The number of aryl methyl sites for hydroxylation is 1. The van der Waals surface area contributed by atoms with Crippen LogP contribution in [0.4, 0.5) is 5.13 Å². The SMILES string of the molecule is Cc1cccc(COc2ccc(C(O)=C3C(=O)C(=O)N(c4nccs4)C3c3ccc(C(C)C)cc3)cc2)c1. The van der Waals surface area contributed by atoms with Gasteiger partial charge in [0.15, 0.2) is 5.13 Å². The van der Waals surface area contributed by atoms with Crippen molar-refractivity contribution >= 4 is 33.9 Å². The van der Waals surface area contributed by atoms with E-state index < -0.39 is 17.7 Å². The number of hydrogen-bond acceptors (Lipinski definition) is 6. The lowest BCUT2D eigenvalue weighted by molar-refractivity contribution is -0.132. The van der Waals surface area contributed by atoms with Crippen molar-refractivity contribution in [3.8, 4) is 5.75 Å². The van der Waals surface area contributed by atoms with Crippen LogP contribution in [0.5, 0.6) is 5.75 Å². The third kappa shape index (κ3) is 4.97. The van der Waals surface area contributed by atoms with E-state index >= 15 is 0 Å². The van der Waals surface area contributed by atoms with Gasteiger partial charge in [0.1, 0.15) is 18.1 Å². The number of carbonyl (C=O) groups excluding carboxylic acids is 2. The predicted octanol–water partition coefficient (Wildman–Crippen LogP) is 6.78. The summed E-state index contributed by atoms with van der Waals surface area (Å²) in [6.45, 7) is 6.65. The summed E-state index contributed by atoms with van der Waals surface area (Å²) in [5.41, 5.74) is 4.55. The number of hydrogen-bond donors (Lipinski definition) is 1. The predicted molar refractivity (Wildman–Crippen MR) is 149 cm³/mol. The molecule has 7 heteroatoms. The second-order valence-electron chi connectivity index (χ2n) is 9.61. The Labute approximate surface area is 225 Å². The van der Waals surface area contributed by atoms with Crippen molar-refractivity contribution in [2.45, 2.75) is 39.3 Å². The maximum atomic E-state index is 13.3. The van der Waals surface area contributed by atoms with Gasteiger partial charge in [-0.3, -0.25) is 14.5 Å². The van der Waals surface area contributed by atoms with Crippen molar-refractivity contribution < 1.29 is 19.4 Å². The Hall–Kier alpha value is -4.23. The molecule has 0 saturated carbocycles. The zero-order valence-corrected chi connectivity index (χ0v) is 22.2. The van der Waals surface area contributed by atoms with Crippen LogP contribution in [0.3, 0.4) is 0 Å². The van der Waals surface area contributed by atoms with E-state index in [0.717, 1.165) is 22.3 Å². The molecule has 6 nitrogen and oxygen atoms in total. The summed E-state index contributed by atoms with van der Waals surface area (Å²) in [4.78, 5) is 32.1. The third-order valence-corrected chi connectivity index (χ3v) is 7.38. The fourth-order valence-electron chi connectivity index (χ4n) is 4.58. The van der Waals surface area contributed by atoms with E-state index in [0.29, 0.717) is 29.0 Å². The summed E-state index contributed by atoms with van der Waals surface area (Å²) in [5.74, 6) is -0.716. The lowest BCUT2D eigenvalue weighted by atomic mass is 9.93. The van der Waals surface area contributed by atoms with Gasteiger partial charge in [0.25, 0.3) is 5.78 Å². The van der Waals surface area contributed by atoms with Crippen LogP contribution in [-0.2, 0) is 16.2 Å². The maximum Gasteiger partial charge on any atom is 0.301 e. The zero-order valence-electron chi connectivity index (χ0n) is 21.4. The first kappa shape index (κ1) is 25.4. The fraction of sp³-hybridized carbons (Fsp3) is 0.194. The molecule has 0 aliphatic carbocycles. The molecule has 3 aromatic carbocycles. The average Bonchev–Trinajstić information content (AvgIpc) is 3.54. The number of ketones is 1. The van der Waals surface area contributed by atoms with Gasteiger partial charge in [0.2, 0.25) is 0 Å². The summed E-state index contributed by atoms with van der Waals surface area (Å²) in [6.07, 6.45) is 1.59. The summed E-state index contributed by atoms with van der Waals surface area (Å²) >= 11 is 1.27. The summed E-state index contributed by atoms with van der Waals surface area (Å²) in [7, 11) is 0. The van der Waals surface area contributed by atoms with Crippen molar-refractivity contribution in [1.82, 2.24) is 4.98 Å². The highest BCUT2D eigenvalue weighted by atomic mass is 32.1. The average molecular weight is 525 g/mol. The number of aliphatic hydroxyl groups excluding tert-OH is 1. The molecule has 1 amide bonds. The van der Waals surface area contributed by atoms with Crippen LogP contribution < -0.4 is 9.64 Å². The number of aliphatic hydroxyl groups is 1. The number of amides is 1. The van der Waals surface area contributed by atoms with Gasteiger partial charge < -0.3 is 9.84 Å². The Balaban J connectivity index is 1.49. The molecule has 1 saturated heterocycles. The number of carbonyl (C=O) groups is 2. The minimum absolute atomic E-state index is 0.0379. The molecule has 1 unspecified atom stereocenters. The molecule has 1 fully saturated rings. The summed E-state index contributed by atoms with van der Waals surface area (Å²) in [6, 6.07) is 22.0. The number of nitrogens with zero attached hydrogens (tertiary/aromatic N) is 2. The highest BCUT2D eigenvalue weighted by Crippen LogP contribution is 2.43. The molecule has 192 valence electrons. The second kappa shape index (κ2) is 10.6. The smallest absolute Gasteiger partial charge is 0.301 e. The molecule has 1 atom stereocenters. The lowest BCUT2D eigenvalue weighted by Gasteiger charge is -2.23. The van der Waals surface area contributed by atoms with Gasteiger partial charge in [0, 0.05) is 17.1 Å². The van der Waals surface area contributed by atoms with Gasteiger partial charge >= 0.3 is 5.91 Å². The highest BCUT2D eigenvalue weighted by molar-refractivity contribution is 7.14. The number of aromatic nitrogens is 1. The van der Waals surface area contributed by atoms with Crippen LogP contribution in [-0.4, -0.2) is 21.8 Å². The van der Waals surface area contributed by atoms with Gasteiger partial charge in [0.05, 0.1) is 11.6 Å². The Kier molecular flexibility index (Phi) is 7.11. The second-order valence-corrected chi connectivity index (χ2v) is 10.5. The Morgan fingerprint density at radius 3 is 2.42 bits per heavy atom. The van der Waals surface area contributed by atoms with Gasteiger partial charge in [-0.05, 0) is 53.8 Å². The van der Waals surface area contributed by atoms with Crippen LogP contribution >= 0.6 is 11.3 Å². The van der Waals surface area contributed by atoms with Crippen molar-refractivity contribution in [3.05, 3.63) is 118 Å². The zero-order chi connectivity index (χ0) is 26.8. The number of benzene rings is 3. The van der Waals surface area contributed by atoms with Crippen molar-refractivity contribution in [2.75, 3.05) is 4.90 Å². The van der Waals surface area contributed by atoms with E-state index in [9.17, 15) is 14.7 Å². The first-order chi connectivity index (χ1) is 18.3. The Morgan fingerprint density at radius 2 is 1.79 bits per heavy atom. The molecule has 1 N–H and O–H groups in total. The van der Waals surface area contributed by atoms with Gasteiger partial charge in [-0.15, -0.1) is 11.3 Å². The van der Waals surface area contributed by atoms with E-state index in [1.165, 1.54) is 16.2 Å². The topological polar surface area (TPSA) is 79.7 Å². The molecule has 2 heterocycles. The van der Waals surface area contributed by atoms with Crippen LogP contribution in [0.1, 0.15) is 53.6 Å². The van der Waals surface area contributed by atoms with Crippen molar-refractivity contribution in [2.24, 2.45) is 0 Å². The van der Waals surface area contributed by atoms with E-state index in [4.69, 9.17) is 4.74 Å². The molecular weight excluding hydrogens is 496 g/mol. The van der Waals surface area contributed by atoms with Crippen molar-refractivity contribution in [1.29, 1.82) is 0 Å². The van der Waals surface area contributed by atoms with Crippen LogP contribution in [0, 0.1) is 6.92 Å². The Bertz CT molecular complexity index is 1490. The van der Waals surface area contributed by atoms with E-state index in [1.54, 1.807) is 35.8 Å². The molecule has 1 aliphatic heterocycles. The molecule has 0 spiro atoms. The Morgan fingerprint density at radius 1 is 1.05 bits per heavy atom. The molecule has 1 aromatic heterocycles. The first-order valence-corrected chi connectivity index (χ1v) is 13.3. The monoisotopic (exact) mass is 524 g/mol. The molecule has 38 heavy (non-hydrogen) atoms. The van der Waals surface area contributed by atoms with Gasteiger partial charge in [-0.2, -0.15) is 0 Å². The molecule has 5 rings (SSSR count). The maximum absolute atomic E-state index is 13.3. The van der Waals surface area contributed by atoms with E-state index in [1.807, 2.05) is 49.4 Å². The number of rotatable bonds is 7. The third-order valence-electron chi connectivity index (χ3n) is 6.60. The van der Waals surface area contributed by atoms with Crippen molar-refractivity contribution in [3.63, 3.8) is 0 Å². The minimum atomic E-state index is -0.792. The number of Topliss-reactive ketones (excluding diaryl/α,β-unsaturated/α-hetero) is 1. The standard InChI is InChI=1S/C31H28N2O4S/c1-19(2)22-7-9-23(10-8-22)27-26(29(35)30(36)33(27)31-32-15-16-38-31)28(34)24-11-13-25(14-12-24)37-18-21-6-4-5-20(3)17-21/h4-17,19,27,34H,18H2,1-3H3. The van der Waals surface area contributed by atoms with Gasteiger partial charge in [-0.1, -0.05) is 67.9 Å². The quantitative estimate of drug-likeness (QED) is 0.164. The number of anilines is 1. The summed E-state index contributed by atoms with van der Waals surface area (Å²) < 4.78 is 5.90. The number of thiazole rings is 1. The number of ether oxygens (including phenoxy) is 1. The molecule has 0 radical (unpaired) electrons. The van der Waals surface area contributed by atoms with Crippen LogP contribution in [0.2, 0.25) is 0 Å². The van der Waals surface area contributed by atoms with Crippen LogP contribution in [0.15, 0.2) is 89.9 Å².